The van der Waals surface area contributed by atoms with Gasteiger partial charge in [0.25, 0.3) is 0 Å². The summed E-state index contributed by atoms with van der Waals surface area (Å²) in [6.45, 7) is 4.86. The van der Waals surface area contributed by atoms with E-state index in [9.17, 15) is 9.59 Å². The first-order valence-corrected chi connectivity index (χ1v) is 15.6. The molecule has 0 spiro atoms. The fourth-order valence-electron chi connectivity index (χ4n) is 4.65. The van der Waals surface area contributed by atoms with Gasteiger partial charge in [-0.2, -0.15) is 0 Å². The molecule has 0 saturated carbocycles. The average Bonchev–Trinajstić information content (AvgIpc) is 3.43. The molecule has 0 saturated heterocycles. The molecule has 0 bridgehead atoms. The molecule has 0 unspecified atom stereocenters. The Hall–Kier alpha value is -1.64. The summed E-state index contributed by atoms with van der Waals surface area (Å²) >= 11 is 0. The molecule has 1 aromatic rings. The van der Waals surface area contributed by atoms with Crippen molar-refractivity contribution < 1.29 is 9.59 Å². The van der Waals surface area contributed by atoms with E-state index in [4.69, 9.17) is 5.73 Å². The lowest BCUT2D eigenvalue weighted by atomic mass is 10.0. The van der Waals surface area contributed by atoms with Crippen LogP contribution in [0.4, 0.5) is 0 Å². The summed E-state index contributed by atoms with van der Waals surface area (Å²) in [5.41, 5.74) is 6.31. The van der Waals surface area contributed by atoms with Crippen LogP contribution >= 0.6 is 12.4 Å². The lowest BCUT2D eigenvalue weighted by molar-refractivity contribution is -0.129. The number of unbranched alkanes of at least 4 members (excludes halogenated alkanes) is 15. The zero-order valence-electron chi connectivity index (χ0n) is 24.7. The van der Waals surface area contributed by atoms with Gasteiger partial charge >= 0.3 is 0 Å². The lowest BCUT2D eigenvalue weighted by Gasteiger charge is -2.18. The van der Waals surface area contributed by atoms with Gasteiger partial charge in [-0.15, -0.1) is 12.4 Å². The molecule has 1 rings (SSSR count). The van der Waals surface area contributed by atoms with Crippen LogP contribution in [-0.2, 0) is 16.0 Å². The second-order valence-corrected chi connectivity index (χ2v) is 10.6. The second-order valence-electron chi connectivity index (χ2n) is 10.6. The Morgan fingerprint density at radius 3 is 1.90 bits per heavy atom. The van der Waals surface area contributed by atoms with Crippen LogP contribution in [0, 0.1) is 0 Å². The number of aromatic amines is 1. The predicted octanol–water partition coefficient (Wildman–Crippen LogP) is 5.57. The number of carbonyl (C=O) groups excluding carboxylic acids is 2. The maximum Gasteiger partial charge on any atom is 0.242 e. The number of halogens is 1. The van der Waals surface area contributed by atoms with Gasteiger partial charge in [0.05, 0.1) is 6.33 Å². The molecule has 1 aromatic heterocycles. The van der Waals surface area contributed by atoms with Gasteiger partial charge in [0, 0.05) is 37.8 Å². The Morgan fingerprint density at radius 2 is 1.38 bits per heavy atom. The highest BCUT2D eigenvalue weighted by Gasteiger charge is 2.21. The number of hydrogen-bond acceptors (Lipinski definition) is 5. The molecule has 0 fully saturated rings. The number of carbonyl (C=O) groups is 2. The SMILES string of the molecule is CCCCCCCCCCCCCCCCCCNCCC(=O)N[C@@H](Cc1cnc[nH]1)C(=O)NCCCN.Cl. The van der Waals surface area contributed by atoms with Crippen molar-refractivity contribution in [1.29, 1.82) is 0 Å². The minimum atomic E-state index is -0.624. The number of imidazole rings is 1. The summed E-state index contributed by atoms with van der Waals surface area (Å²) in [5.74, 6) is -0.314. The number of H-pyrrole nitrogens is 1. The molecule has 2 amide bonds. The molecule has 1 heterocycles. The van der Waals surface area contributed by atoms with Gasteiger partial charge in [-0.25, -0.2) is 4.98 Å². The van der Waals surface area contributed by atoms with E-state index in [-0.39, 0.29) is 24.2 Å². The predicted molar refractivity (Wildman–Crippen MR) is 165 cm³/mol. The summed E-state index contributed by atoms with van der Waals surface area (Å²) < 4.78 is 0. The molecule has 9 heteroatoms. The first-order chi connectivity index (χ1) is 18.7. The van der Waals surface area contributed by atoms with Crippen molar-refractivity contribution in [3.8, 4) is 0 Å². The summed E-state index contributed by atoms with van der Waals surface area (Å²) in [7, 11) is 0. The molecule has 0 aliphatic rings. The molecule has 8 nitrogen and oxygen atoms in total. The Labute approximate surface area is 244 Å². The molecule has 0 aliphatic carbocycles. The minimum Gasteiger partial charge on any atom is -0.354 e. The number of nitrogens with zero attached hydrogens (tertiary/aromatic N) is 1. The van der Waals surface area contributed by atoms with E-state index in [0.29, 0.717) is 38.9 Å². The molecular formula is C30H59ClN6O2. The van der Waals surface area contributed by atoms with E-state index in [0.717, 1.165) is 18.7 Å². The van der Waals surface area contributed by atoms with Crippen molar-refractivity contribution >= 4 is 24.2 Å². The summed E-state index contributed by atoms with van der Waals surface area (Å²) in [5, 5.41) is 9.08. The third-order valence-electron chi connectivity index (χ3n) is 7.05. The molecule has 228 valence electrons. The van der Waals surface area contributed by atoms with Crippen molar-refractivity contribution in [1.82, 2.24) is 25.9 Å². The standard InChI is InChI=1S/C30H58N6O2.ClH/c1-2-3-4-5-6-7-8-9-10-11-12-13-14-15-16-17-21-32-23-19-29(37)36-28(24-27-25-33-26-35-27)30(38)34-22-18-20-31;/h25-26,28,32H,2-24,31H2,1H3,(H,33,35)(H,34,38)(H,36,37);1H/t28-;/m0./s1. The van der Waals surface area contributed by atoms with Gasteiger partial charge in [0.2, 0.25) is 11.8 Å². The number of rotatable bonds is 27. The van der Waals surface area contributed by atoms with Crippen LogP contribution in [0.15, 0.2) is 12.5 Å². The Balaban J connectivity index is 0.0000144. The first-order valence-electron chi connectivity index (χ1n) is 15.6. The van der Waals surface area contributed by atoms with Crippen molar-refractivity contribution in [2.24, 2.45) is 5.73 Å². The van der Waals surface area contributed by atoms with E-state index in [1.807, 2.05) is 0 Å². The third-order valence-corrected chi connectivity index (χ3v) is 7.05. The fourth-order valence-corrected chi connectivity index (χ4v) is 4.65. The van der Waals surface area contributed by atoms with Gasteiger partial charge < -0.3 is 26.7 Å². The van der Waals surface area contributed by atoms with Gasteiger partial charge in [0.15, 0.2) is 0 Å². The minimum absolute atomic E-state index is 0. The second kappa shape index (κ2) is 27.9. The van der Waals surface area contributed by atoms with Crippen molar-refractivity contribution in [2.75, 3.05) is 26.2 Å². The van der Waals surface area contributed by atoms with Crippen LogP contribution in [0.25, 0.3) is 0 Å². The van der Waals surface area contributed by atoms with Crippen LogP contribution in [-0.4, -0.2) is 54.0 Å². The van der Waals surface area contributed by atoms with Gasteiger partial charge in [-0.05, 0) is 25.9 Å². The fraction of sp³-hybridized carbons (Fsp3) is 0.833. The summed E-state index contributed by atoms with van der Waals surface area (Å²) in [4.78, 5) is 31.9. The Bertz CT molecular complexity index is 674. The molecule has 39 heavy (non-hydrogen) atoms. The van der Waals surface area contributed by atoms with E-state index >= 15 is 0 Å². The Morgan fingerprint density at radius 1 is 0.821 bits per heavy atom. The van der Waals surface area contributed by atoms with Crippen molar-refractivity contribution in [3.05, 3.63) is 18.2 Å². The van der Waals surface area contributed by atoms with Crippen molar-refractivity contribution in [2.45, 2.75) is 135 Å². The largest absolute Gasteiger partial charge is 0.354 e. The smallest absolute Gasteiger partial charge is 0.242 e. The molecule has 6 N–H and O–H groups in total. The van der Waals surface area contributed by atoms with E-state index in [1.54, 1.807) is 12.5 Å². The highest BCUT2D eigenvalue weighted by Crippen LogP contribution is 2.13. The molecule has 1 atom stereocenters. The molecule has 0 aliphatic heterocycles. The Kier molecular flexibility index (Phi) is 26.7. The number of aromatic nitrogens is 2. The van der Waals surface area contributed by atoms with Gasteiger partial charge in [-0.3, -0.25) is 9.59 Å². The van der Waals surface area contributed by atoms with E-state index in [2.05, 4.69) is 32.8 Å². The number of nitrogens with one attached hydrogen (secondary N) is 4. The lowest BCUT2D eigenvalue weighted by Crippen LogP contribution is -2.48. The number of amides is 2. The number of hydrogen-bond donors (Lipinski definition) is 5. The monoisotopic (exact) mass is 570 g/mol. The van der Waals surface area contributed by atoms with Crippen LogP contribution in [0.3, 0.4) is 0 Å². The van der Waals surface area contributed by atoms with Gasteiger partial charge in [-0.1, -0.05) is 103 Å². The topological polar surface area (TPSA) is 125 Å². The molecule has 0 radical (unpaired) electrons. The maximum absolute atomic E-state index is 12.5. The van der Waals surface area contributed by atoms with Crippen LogP contribution in [0.1, 0.15) is 128 Å². The maximum atomic E-state index is 12.5. The highest BCUT2D eigenvalue weighted by molar-refractivity contribution is 5.87. The summed E-state index contributed by atoms with van der Waals surface area (Å²) in [6.07, 6.45) is 26.6. The van der Waals surface area contributed by atoms with Gasteiger partial charge in [0.1, 0.15) is 6.04 Å². The van der Waals surface area contributed by atoms with E-state index in [1.165, 1.54) is 96.3 Å². The van der Waals surface area contributed by atoms with Crippen LogP contribution in [0.5, 0.6) is 0 Å². The van der Waals surface area contributed by atoms with E-state index < -0.39 is 6.04 Å². The summed E-state index contributed by atoms with van der Waals surface area (Å²) in [6, 6.07) is -0.624. The third kappa shape index (κ3) is 22.8. The first kappa shape index (κ1) is 37.4. The van der Waals surface area contributed by atoms with Crippen molar-refractivity contribution in [3.63, 3.8) is 0 Å². The van der Waals surface area contributed by atoms with Crippen LogP contribution in [0.2, 0.25) is 0 Å². The zero-order chi connectivity index (χ0) is 27.5. The quantitative estimate of drug-likeness (QED) is 0.0885. The normalized spacial score (nSPS) is 11.6. The average molecular weight is 571 g/mol. The molecule has 0 aromatic carbocycles. The molecular weight excluding hydrogens is 512 g/mol. The van der Waals surface area contributed by atoms with Crippen LogP contribution < -0.4 is 21.7 Å². The number of nitrogens with two attached hydrogens (primary N) is 1. The highest BCUT2D eigenvalue weighted by atomic mass is 35.5. The zero-order valence-corrected chi connectivity index (χ0v) is 25.6.